The van der Waals surface area contributed by atoms with Crippen LogP contribution in [0.3, 0.4) is 0 Å². The summed E-state index contributed by atoms with van der Waals surface area (Å²) < 4.78 is 0. The number of hydrogen-bond acceptors (Lipinski definition) is 2. The predicted molar refractivity (Wildman–Crippen MR) is 69.7 cm³/mol. The van der Waals surface area contributed by atoms with E-state index in [1.165, 1.54) is 29.8 Å². The first-order valence-corrected chi connectivity index (χ1v) is 6.06. The molecule has 1 heterocycles. The SMILES string of the molecule is Cc1cc(CN)ccc1N1CCC(C)(C)C1. The topological polar surface area (TPSA) is 29.3 Å². The molecule has 1 fully saturated rings. The van der Waals surface area contributed by atoms with Crippen LogP contribution in [0.2, 0.25) is 0 Å². The monoisotopic (exact) mass is 218 g/mol. The molecule has 1 aliphatic heterocycles. The number of nitrogens with two attached hydrogens (primary N) is 1. The average molecular weight is 218 g/mol. The maximum absolute atomic E-state index is 5.65. The lowest BCUT2D eigenvalue weighted by atomic mass is 9.93. The van der Waals surface area contributed by atoms with Crippen LogP contribution in [0.5, 0.6) is 0 Å². The quantitative estimate of drug-likeness (QED) is 0.827. The second-order valence-corrected chi connectivity index (χ2v) is 5.66. The number of rotatable bonds is 2. The summed E-state index contributed by atoms with van der Waals surface area (Å²) in [6.07, 6.45) is 1.28. The lowest BCUT2D eigenvalue weighted by Gasteiger charge is -2.23. The molecule has 16 heavy (non-hydrogen) atoms. The minimum atomic E-state index is 0.457. The molecule has 0 aromatic heterocycles. The summed E-state index contributed by atoms with van der Waals surface area (Å²) in [6, 6.07) is 6.58. The standard InChI is InChI=1S/C14H22N2/c1-11-8-12(9-15)4-5-13(11)16-7-6-14(2,3)10-16/h4-5,8H,6-7,9-10,15H2,1-3H3. The lowest BCUT2D eigenvalue weighted by Crippen LogP contribution is -2.23. The number of hydrogen-bond donors (Lipinski definition) is 1. The maximum Gasteiger partial charge on any atom is 0.0396 e. The Hall–Kier alpha value is -1.02. The number of benzene rings is 1. The fraction of sp³-hybridized carbons (Fsp3) is 0.571. The van der Waals surface area contributed by atoms with Gasteiger partial charge in [0, 0.05) is 25.3 Å². The highest BCUT2D eigenvalue weighted by Crippen LogP contribution is 2.34. The summed E-state index contributed by atoms with van der Waals surface area (Å²) in [7, 11) is 0. The maximum atomic E-state index is 5.65. The summed E-state index contributed by atoms with van der Waals surface area (Å²) in [5.74, 6) is 0. The summed E-state index contributed by atoms with van der Waals surface area (Å²) in [6.45, 7) is 9.84. The number of aryl methyl sites for hydroxylation is 1. The molecule has 1 aromatic rings. The molecular weight excluding hydrogens is 196 g/mol. The summed E-state index contributed by atoms with van der Waals surface area (Å²) in [5.41, 5.74) is 10.1. The van der Waals surface area contributed by atoms with Gasteiger partial charge in [0.05, 0.1) is 0 Å². The van der Waals surface area contributed by atoms with Crippen LogP contribution in [0, 0.1) is 12.3 Å². The van der Waals surface area contributed by atoms with E-state index in [0.29, 0.717) is 12.0 Å². The Labute approximate surface area is 98.4 Å². The normalized spacial score (nSPS) is 19.1. The average Bonchev–Trinajstić information content (AvgIpc) is 2.58. The summed E-state index contributed by atoms with van der Waals surface area (Å²) >= 11 is 0. The third-order valence-electron chi connectivity index (χ3n) is 3.51. The first-order chi connectivity index (χ1) is 7.52. The molecule has 1 aliphatic rings. The van der Waals surface area contributed by atoms with Gasteiger partial charge in [0.15, 0.2) is 0 Å². The highest BCUT2D eigenvalue weighted by Gasteiger charge is 2.29. The zero-order valence-electron chi connectivity index (χ0n) is 10.6. The van der Waals surface area contributed by atoms with Crippen LogP contribution >= 0.6 is 0 Å². The molecule has 88 valence electrons. The van der Waals surface area contributed by atoms with Gasteiger partial charge < -0.3 is 10.6 Å². The molecule has 1 saturated heterocycles. The molecular formula is C14H22N2. The second-order valence-electron chi connectivity index (χ2n) is 5.66. The molecule has 2 nitrogen and oxygen atoms in total. The highest BCUT2D eigenvalue weighted by atomic mass is 15.2. The molecule has 0 unspecified atom stereocenters. The Morgan fingerprint density at radius 1 is 1.38 bits per heavy atom. The van der Waals surface area contributed by atoms with Gasteiger partial charge in [-0.3, -0.25) is 0 Å². The third-order valence-corrected chi connectivity index (χ3v) is 3.51. The Balaban J connectivity index is 2.22. The first-order valence-electron chi connectivity index (χ1n) is 6.06. The van der Waals surface area contributed by atoms with E-state index in [0.717, 1.165) is 6.54 Å². The molecule has 0 atom stereocenters. The zero-order chi connectivity index (χ0) is 11.8. The van der Waals surface area contributed by atoms with Gasteiger partial charge in [-0.05, 0) is 36.0 Å². The van der Waals surface area contributed by atoms with Gasteiger partial charge >= 0.3 is 0 Å². The highest BCUT2D eigenvalue weighted by molar-refractivity contribution is 5.55. The predicted octanol–water partition coefficient (Wildman–Crippen LogP) is 2.69. The van der Waals surface area contributed by atoms with Gasteiger partial charge in [-0.2, -0.15) is 0 Å². The Kier molecular flexibility index (Phi) is 2.94. The van der Waals surface area contributed by atoms with Gasteiger partial charge in [-0.25, -0.2) is 0 Å². The molecule has 2 N–H and O–H groups in total. The molecule has 1 aromatic carbocycles. The fourth-order valence-corrected chi connectivity index (χ4v) is 2.52. The molecule has 0 bridgehead atoms. The van der Waals surface area contributed by atoms with E-state index in [4.69, 9.17) is 5.73 Å². The zero-order valence-corrected chi connectivity index (χ0v) is 10.6. The van der Waals surface area contributed by atoms with Crippen molar-refractivity contribution in [3.05, 3.63) is 29.3 Å². The van der Waals surface area contributed by atoms with Crippen molar-refractivity contribution in [1.82, 2.24) is 0 Å². The molecule has 0 spiro atoms. The number of anilines is 1. The first kappa shape index (κ1) is 11.5. The van der Waals surface area contributed by atoms with Crippen LogP contribution in [0.25, 0.3) is 0 Å². The van der Waals surface area contributed by atoms with Crippen LogP contribution in [-0.4, -0.2) is 13.1 Å². The lowest BCUT2D eigenvalue weighted by molar-refractivity contribution is 0.418. The van der Waals surface area contributed by atoms with Crippen LogP contribution in [-0.2, 0) is 6.54 Å². The second kappa shape index (κ2) is 4.10. The van der Waals surface area contributed by atoms with E-state index in [1.54, 1.807) is 0 Å². The van der Waals surface area contributed by atoms with E-state index < -0.39 is 0 Å². The molecule has 0 radical (unpaired) electrons. The van der Waals surface area contributed by atoms with E-state index in [1.807, 2.05) is 0 Å². The van der Waals surface area contributed by atoms with Crippen molar-refractivity contribution >= 4 is 5.69 Å². The summed E-state index contributed by atoms with van der Waals surface area (Å²) in [4.78, 5) is 2.50. The van der Waals surface area contributed by atoms with Gasteiger partial charge in [-0.1, -0.05) is 26.0 Å². The van der Waals surface area contributed by atoms with Crippen molar-refractivity contribution in [3.8, 4) is 0 Å². The van der Waals surface area contributed by atoms with Crippen LogP contribution in [0.4, 0.5) is 5.69 Å². The number of nitrogens with zero attached hydrogens (tertiary/aromatic N) is 1. The van der Waals surface area contributed by atoms with Crippen LogP contribution in [0.15, 0.2) is 18.2 Å². The molecule has 2 rings (SSSR count). The fourth-order valence-electron chi connectivity index (χ4n) is 2.52. The van der Waals surface area contributed by atoms with Crippen molar-refractivity contribution in [2.75, 3.05) is 18.0 Å². The molecule has 0 aliphatic carbocycles. The van der Waals surface area contributed by atoms with Crippen molar-refractivity contribution in [3.63, 3.8) is 0 Å². The van der Waals surface area contributed by atoms with E-state index in [9.17, 15) is 0 Å². The Morgan fingerprint density at radius 3 is 2.62 bits per heavy atom. The van der Waals surface area contributed by atoms with Crippen molar-refractivity contribution in [2.24, 2.45) is 11.1 Å². The van der Waals surface area contributed by atoms with Gasteiger partial charge in [0.2, 0.25) is 0 Å². The van der Waals surface area contributed by atoms with Crippen molar-refractivity contribution < 1.29 is 0 Å². The van der Waals surface area contributed by atoms with Gasteiger partial charge in [-0.15, -0.1) is 0 Å². The summed E-state index contributed by atoms with van der Waals surface area (Å²) in [5, 5.41) is 0. The van der Waals surface area contributed by atoms with Crippen molar-refractivity contribution in [2.45, 2.75) is 33.7 Å². The van der Waals surface area contributed by atoms with E-state index >= 15 is 0 Å². The Bertz CT molecular complexity index is 382. The van der Waals surface area contributed by atoms with Gasteiger partial charge in [0.1, 0.15) is 0 Å². The molecule has 2 heteroatoms. The van der Waals surface area contributed by atoms with Crippen LogP contribution in [0.1, 0.15) is 31.4 Å². The molecule has 0 saturated carbocycles. The third kappa shape index (κ3) is 2.22. The van der Waals surface area contributed by atoms with Crippen molar-refractivity contribution in [1.29, 1.82) is 0 Å². The largest absolute Gasteiger partial charge is 0.371 e. The van der Waals surface area contributed by atoms with E-state index in [-0.39, 0.29) is 0 Å². The minimum absolute atomic E-state index is 0.457. The smallest absolute Gasteiger partial charge is 0.0396 e. The minimum Gasteiger partial charge on any atom is -0.371 e. The van der Waals surface area contributed by atoms with Gasteiger partial charge in [0.25, 0.3) is 0 Å². The van der Waals surface area contributed by atoms with Crippen LogP contribution < -0.4 is 10.6 Å². The molecule has 0 amide bonds. The Morgan fingerprint density at radius 2 is 2.12 bits per heavy atom. The van der Waals surface area contributed by atoms with E-state index in [2.05, 4.69) is 43.9 Å².